The van der Waals surface area contributed by atoms with Gasteiger partial charge in [-0.25, -0.2) is 0 Å². The summed E-state index contributed by atoms with van der Waals surface area (Å²) in [5, 5.41) is 13.7. The van der Waals surface area contributed by atoms with E-state index in [-0.39, 0.29) is 5.91 Å². The Morgan fingerprint density at radius 1 is 1.35 bits per heavy atom. The first kappa shape index (κ1) is 13.4. The largest absolute Gasteiger partial charge is 0.369 e. The van der Waals surface area contributed by atoms with Crippen LogP contribution >= 0.6 is 0 Å². The number of carbonyl (C=O) groups excluding carboxylic acids is 1. The van der Waals surface area contributed by atoms with Crippen LogP contribution in [0.4, 0.5) is 5.82 Å². The first-order valence-electron chi connectivity index (χ1n) is 5.99. The average Bonchev–Trinajstić information content (AvgIpc) is 2.34. The summed E-state index contributed by atoms with van der Waals surface area (Å²) in [5.41, 5.74) is 0.354. The molecule has 5 nitrogen and oxygen atoms in total. The quantitative estimate of drug-likeness (QED) is 0.788. The van der Waals surface area contributed by atoms with Crippen molar-refractivity contribution in [3.05, 3.63) is 17.8 Å². The van der Waals surface area contributed by atoms with Gasteiger partial charge in [0, 0.05) is 13.1 Å². The zero-order valence-corrected chi connectivity index (χ0v) is 10.7. The van der Waals surface area contributed by atoms with Crippen LogP contribution in [0.15, 0.2) is 12.1 Å². The number of nitrogens with zero attached hydrogens (tertiary/aromatic N) is 2. The molecule has 0 atom stereocenters. The normalized spacial score (nSPS) is 10.4. The van der Waals surface area contributed by atoms with E-state index in [2.05, 4.69) is 27.8 Å². The third kappa shape index (κ3) is 4.80. The molecule has 1 aromatic rings. The van der Waals surface area contributed by atoms with Crippen molar-refractivity contribution in [1.82, 2.24) is 15.5 Å². The highest BCUT2D eigenvalue weighted by atomic mass is 16.1. The van der Waals surface area contributed by atoms with Crippen LogP contribution < -0.4 is 10.6 Å². The topological polar surface area (TPSA) is 66.9 Å². The molecule has 0 aliphatic rings. The molecule has 1 amide bonds. The molecule has 17 heavy (non-hydrogen) atoms. The summed E-state index contributed by atoms with van der Waals surface area (Å²) in [5.74, 6) is 0.956. The van der Waals surface area contributed by atoms with Crippen molar-refractivity contribution in [2.75, 3.05) is 18.4 Å². The minimum atomic E-state index is -0.173. The van der Waals surface area contributed by atoms with Gasteiger partial charge >= 0.3 is 0 Å². The van der Waals surface area contributed by atoms with Gasteiger partial charge in [-0.3, -0.25) is 4.79 Å². The molecule has 94 valence electrons. The fraction of sp³-hybridized carbons (Fsp3) is 0.583. The van der Waals surface area contributed by atoms with Crippen molar-refractivity contribution in [2.45, 2.75) is 27.2 Å². The Morgan fingerprint density at radius 2 is 2.12 bits per heavy atom. The standard InChI is InChI=1S/C12H20N4O/c1-4-7-13-11-6-5-10(15-16-11)12(17)14-8-9(2)3/h5-6,9H,4,7-8H2,1-3H3,(H,13,16)(H,14,17). The molecule has 0 bridgehead atoms. The van der Waals surface area contributed by atoms with Crippen molar-refractivity contribution in [3.8, 4) is 0 Å². The number of carbonyl (C=O) groups is 1. The first-order valence-corrected chi connectivity index (χ1v) is 5.99. The molecule has 0 saturated heterocycles. The third-order valence-corrected chi connectivity index (χ3v) is 2.12. The lowest BCUT2D eigenvalue weighted by Gasteiger charge is -2.07. The van der Waals surface area contributed by atoms with Gasteiger partial charge in [0.25, 0.3) is 5.91 Å². The Morgan fingerprint density at radius 3 is 2.65 bits per heavy atom. The molecule has 1 heterocycles. The number of aromatic nitrogens is 2. The second kappa shape index (κ2) is 6.83. The summed E-state index contributed by atoms with van der Waals surface area (Å²) >= 11 is 0. The maximum absolute atomic E-state index is 11.6. The van der Waals surface area contributed by atoms with E-state index < -0.39 is 0 Å². The number of hydrogen-bond donors (Lipinski definition) is 2. The van der Waals surface area contributed by atoms with E-state index >= 15 is 0 Å². The van der Waals surface area contributed by atoms with Gasteiger partial charge in [0.05, 0.1) is 0 Å². The van der Waals surface area contributed by atoms with Gasteiger partial charge in [0.15, 0.2) is 5.69 Å². The highest BCUT2D eigenvalue weighted by Crippen LogP contribution is 2.02. The van der Waals surface area contributed by atoms with Crippen molar-refractivity contribution >= 4 is 11.7 Å². The summed E-state index contributed by atoms with van der Waals surface area (Å²) in [7, 11) is 0. The van der Waals surface area contributed by atoms with E-state index in [4.69, 9.17) is 0 Å². The van der Waals surface area contributed by atoms with Crippen molar-refractivity contribution in [1.29, 1.82) is 0 Å². The van der Waals surface area contributed by atoms with Crippen LogP contribution in [-0.2, 0) is 0 Å². The lowest BCUT2D eigenvalue weighted by Crippen LogP contribution is -2.28. The van der Waals surface area contributed by atoms with Gasteiger partial charge in [-0.2, -0.15) is 0 Å². The highest BCUT2D eigenvalue weighted by molar-refractivity contribution is 5.92. The Kier molecular flexibility index (Phi) is 5.39. The summed E-state index contributed by atoms with van der Waals surface area (Å²) in [6.07, 6.45) is 1.03. The molecule has 0 spiro atoms. The predicted molar refractivity (Wildman–Crippen MR) is 68.0 cm³/mol. The summed E-state index contributed by atoms with van der Waals surface area (Å²) in [6.45, 7) is 7.67. The molecule has 0 unspecified atom stereocenters. The number of rotatable bonds is 6. The molecule has 0 aliphatic heterocycles. The average molecular weight is 236 g/mol. The number of nitrogens with one attached hydrogen (secondary N) is 2. The fourth-order valence-corrected chi connectivity index (χ4v) is 1.19. The summed E-state index contributed by atoms with van der Waals surface area (Å²) in [6, 6.07) is 3.45. The van der Waals surface area contributed by atoms with Crippen LogP contribution in [0, 0.1) is 5.92 Å². The van der Waals surface area contributed by atoms with Crippen LogP contribution in [-0.4, -0.2) is 29.2 Å². The van der Waals surface area contributed by atoms with E-state index in [0.29, 0.717) is 24.0 Å². The molecule has 0 saturated carbocycles. The molecular formula is C12H20N4O. The second-order valence-electron chi connectivity index (χ2n) is 4.33. The predicted octanol–water partition coefficient (Wildman–Crippen LogP) is 1.68. The van der Waals surface area contributed by atoms with Crippen LogP contribution in [0.2, 0.25) is 0 Å². The molecule has 2 N–H and O–H groups in total. The van der Waals surface area contributed by atoms with Gasteiger partial charge in [-0.1, -0.05) is 20.8 Å². The first-order chi connectivity index (χ1) is 8.13. The lowest BCUT2D eigenvalue weighted by atomic mass is 10.2. The fourth-order valence-electron chi connectivity index (χ4n) is 1.19. The molecule has 0 aliphatic carbocycles. The monoisotopic (exact) mass is 236 g/mol. The van der Waals surface area contributed by atoms with Gasteiger partial charge in [-0.15, -0.1) is 10.2 Å². The van der Waals surface area contributed by atoms with E-state index in [0.717, 1.165) is 13.0 Å². The Bertz CT molecular complexity index is 348. The molecule has 0 aromatic carbocycles. The van der Waals surface area contributed by atoms with Gasteiger partial charge < -0.3 is 10.6 Å². The minimum Gasteiger partial charge on any atom is -0.369 e. The summed E-state index contributed by atoms with van der Waals surface area (Å²) < 4.78 is 0. The Hall–Kier alpha value is -1.65. The molecule has 1 aromatic heterocycles. The van der Waals surface area contributed by atoms with Gasteiger partial charge in [-0.05, 0) is 24.5 Å². The molecular weight excluding hydrogens is 216 g/mol. The second-order valence-corrected chi connectivity index (χ2v) is 4.33. The van der Waals surface area contributed by atoms with Gasteiger partial charge in [0.1, 0.15) is 5.82 Å². The third-order valence-electron chi connectivity index (χ3n) is 2.12. The van der Waals surface area contributed by atoms with E-state index in [1.807, 2.05) is 13.8 Å². The number of amides is 1. The van der Waals surface area contributed by atoms with E-state index in [1.54, 1.807) is 12.1 Å². The zero-order valence-electron chi connectivity index (χ0n) is 10.7. The Labute approximate surface area is 102 Å². The maximum atomic E-state index is 11.6. The zero-order chi connectivity index (χ0) is 12.7. The molecule has 0 fully saturated rings. The molecule has 0 radical (unpaired) electrons. The lowest BCUT2D eigenvalue weighted by molar-refractivity contribution is 0.0943. The van der Waals surface area contributed by atoms with Crippen molar-refractivity contribution in [2.24, 2.45) is 5.92 Å². The number of anilines is 1. The number of hydrogen-bond acceptors (Lipinski definition) is 4. The van der Waals surface area contributed by atoms with Crippen LogP contribution in [0.3, 0.4) is 0 Å². The molecule has 5 heteroatoms. The van der Waals surface area contributed by atoms with Crippen LogP contribution in [0.1, 0.15) is 37.7 Å². The van der Waals surface area contributed by atoms with Crippen molar-refractivity contribution in [3.63, 3.8) is 0 Å². The SMILES string of the molecule is CCCNc1ccc(C(=O)NCC(C)C)nn1. The van der Waals surface area contributed by atoms with Crippen molar-refractivity contribution < 1.29 is 4.79 Å². The van der Waals surface area contributed by atoms with Gasteiger partial charge in [0.2, 0.25) is 0 Å². The smallest absolute Gasteiger partial charge is 0.271 e. The van der Waals surface area contributed by atoms with E-state index in [9.17, 15) is 4.79 Å². The van der Waals surface area contributed by atoms with Crippen LogP contribution in [0.5, 0.6) is 0 Å². The van der Waals surface area contributed by atoms with E-state index in [1.165, 1.54) is 0 Å². The minimum absolute atomic E-state index is 0.173. The van der Waals surface area contributed by atoms with Crippen LogP contribution in [0.25, 0.3) is 0 Å². The Balaban J connectivity index is 2.51. The molecule has 1 rings (SSSR count). The summed E-state index contributed by atoms with van der Waals surface area (Å²) in [4.78, 5) is 11.6. The maximum Gasteiger partial charge on any atom is 0.271 e. The highest BCUT2D eigenvalue weighted by Gasteiger charge is 2.07.